The number of hydrogen-bond donors (Lipinski definition) is 2. The van der Waals surface area contributed by atoms with Gasteiger partial charge in [-0.15, -0.1) is 10.2 Å². The zero-order valence-corrected chi connectivity index (χ0v) is 19.3. The van der Waals surface area contributed by atoms with Crippen molar-refractivity contribution in [2.45, 2.75) is 37.4 Å². The number of sulfonamides is 1. The lowest BCUT2D eigenvalue weighted by molar-refractivity contribution is -0.137. The predicted octanol–water partition coefficient (Wildman–Crippen LogP) is 4.56. The zero-order valence-electron chi connectivity index (χ0n) is 17.6. The average Bonchev–Trinajstić information content (AvgIpc) is 3.25. The summed E-state index contributed by atoms with van der Waals surface area (Å²) in [7, 11) is -4.42. The van der Waals surface area contributed by atoms with E-state index in [0.29, 0.717) is 17.5 Å². The molecule has 12 heteroatoms. The second kappa shape index (κ2) is 9.98. The average molecular weight is 499 g/mol. The van der Waals surface area contributed by atoms with Crippen molar-refractivity contribution in [1.82, 2.24) is 14.9 Å². The first kappa shape index (κ1) is 24.8. The van der Waals surface area contributed by atoms with Crippen LogP contribution in [-0.2, 0) is 21.0 Å². The van der Waals surface area contributed by atoms with E-state index in [1.54, 1.807) is 13.8 Å². The van der Waals surface area contributed by atoms with Gasteiger partial charge in [-0.1, -0.05) is 68.0 Å². The first-order chi connectivity index (χ1) is 15.5. The fourth-order valence-electron chi connectivity index (χ4n) is 2.89. The van der Waals surface area contributed by atoms with E-state index in [4.69, 9.17) is 0 Å². The van der Waals surface area contributed by atoms with Gasteiger partial charge in [0, 0.05) is 5.56 Å². The number of carbonyl (C=O) groups is 1. The number of hydrogen-bond acceptors (Lipinski definition) is 6. The number of nitrogens with zero attached hydrogens (tertiary/aromatic N) is 2. The van der Waals surface area contributed by atoms with Crippen LogP contribution < -0.4 is 10.0 Å². The highest BCUT2D eigenvalue weighted by Crippen LogP contribution is 2.31. The summed E-state index contributed by atoms with van der Waals surface area (Å²) < 4.78 is 66.9. The molecule has 0 bridgehead atoms. The molecule has 176 valence electrons. The summed E-state index contributed by atoms with van der Waals surface area (Å²) in [5.74, 6) is -1.14. The van der Waals surface area contributed by atoms with Gasteiger partial charge in [0.15, 0.2) is 0 Å². The quantitative estimate of drug-likeness (QED) is 0.474. The molecule has 0 fully saturated rings. The van der Waals surface area contributed by atoms with Crippen molar-refractivity contribution in [3.63, 3.8) is 0 Å². The van der Waals surface area contributed by atoms with Crippen molar-refractivity contribution in [2.75, 3.05) is 5.32 Å². The third kappa shape index (κ3) is 6.15. The van der Waals surface area contributed by atoms with Gasteiger partial charge >= 0.3 is 6.18 Å². The zero-order chi connectivity index (χ0) is 24.2. The Balaban J connectivity index is 1.81. The van der Waals surface area contributed by atoms with E-state index < -0.39 is 44.5 Å². The smallest absolute Gasteiger partial charge is 0.299 e. The summed E-state index contributed by atoms with van der Waals surface area (Å²) in [4.78, 5) is 12.3. The molecule has 0 spiro atoms. The molecule has 1 heterocycles. The molecule has 0 aliphatic heterocycles. The molecule has 33 heavy (non-hydrogen) atoms. The normalized spacial score (nSPS) is 14.0. The summed E-state index contributed by atoms with van der Waals surface area (Å²) in [6.45, 7) is 3.43. The molecule has 3 aromatic rings. The Morgan fingerprint density at radius 1 is 1.09 bits per heavy atom. The van der Waals surface area contributed by atoms with Gasteiger partial charge in [-0.2, -0.15) is 17.9 Å². The Kier molecular flexibility index (Phi) is 7.50. The highest BCUT2D eigenvalue weighted by Gasteiger charge is 2.34. The summed E-state index contributed by atoms with van der Waals surface area (Å²) in [6, 6.07) is 11.3. The number of halogens is 3. The number of alkyl halides is 3. The minimum absolute atomic E-state index is 0.172. The van der Waals surface area contributed by atoms with E-state index in [1.165, 1.54) is 0 Å². The van der Waals surface area contributed by atoms with Gasteiger partial charge in [0.1, 0.15) is 11.0 Å². The summed E-state index contributed by atoms with van der Waals surface area (Å²) in [6.07, 6.45) is -4.26. The molecule has 0 radical (unpaired) electrons. The lowest BCUT2D eigenvalue weighted by Gasteiger charge is -2.23. The van der Waals surface area contributed by atoms with Crippen LogP contribution in [0.25, 0.3) is 10.6 Å². The minimum Gasteiger partial charge on any atom is -0.299 e. The van der Waals surface area contributed by atoms with Crippen molar-refractivity contribution < 1.29 is 26.4 Å². The molecule has 0 aliphatic rings. The van der Waals surface area contributed by atoms with Crippen LogP contribution >= 0.6 is 11.3 Å². The first-order valence-electron chi connectivity index (χ1n) is 9.90. The third-order valence-corrected chi connectivity index (χ3v) is 7.25. The second-order valence-electron chi connectivity index (χ2n) is 7.28. The van der Waals surface area contributed by atoms with E-state index in [-0.39, 0.29) is 5.13 Å². The van der Waals surface area contributed by atoms with Gasteiger partial charge in [0.2, 0.25) is 21.1 Å². The number of rotatable bonds is 8. The fraction of sp³-hybridized carbons (Fsp3) is 0.286. The van der Waals surface area contributed by atoms with Crippen molar-refractivity contribution in [2.24, 2.45) is 5.92 Å². The highest BCUT2D eigenvalue weighted by atomic mass is 32.2. The topological polar surface area (TPSA) is 101 Å². The Morgan fingerprint density at radius 3 is 2.42 bits per heavy atom. The van der Waals surface area contributed by atoms with Gasteiger partial charge in [-0.3, -0.25) is 10.1 Å². The molecular weight excluding hydrogens is 477 g/mol. The summed E-state index contributed by atoms with van der Waals surface area (Å²) >= 11 is 1.11. The van der Waals surface area contributed by atoms with E-state index >= 15 is 0 Å². The molecular formula is C21H21F3N4O3S2. The van der Waals surface area contributed by atoms with E-state index in [2.05, 4.69) is 20.2 Å². The van der Waals surface area contributed by atoms with Crippen LogP contribution in [0.15, 0.2) is 59.5 Å². The second-order valence-corrected chi connectivity index (χ2v) is 9.97. The van der Waals surface area contributed by atoms with Crippen LogP contribution in [0.2, 0.25) is 0 Å². The monoisotopic (exact) mass is 498 g/mol. The minimum atomic E-state index is -4.70. The van der Waals surface area contributed by atoms with Crippen molar-refractivity contribution in [1.29, 1.82) is 0 Å². The number of carbonyl (C=O) groups excluding carboxylic acids is 1. The van der Waals surface area contributed by atoms with Crippen LogP contribution in [0.1, 0.15) is 25.8 Å². The molecule has 0 aliphatic carbocycles. The van der Waals surface area contributed by atoms with E-state index in [9.17, 15) is 26.4 Å². The lowest BCUT2D eigenvalue weighted by atomic mass is 9.99. The van der Waals surface area contributed by atoms with Gasteiger partial charge in [-0.25, -0.2) is 8.42 Å². The Bertz CT molecular complexity index is 1210. The van der Waals surface area contributed by atoms with Crippen molar-refractivity contribution >= 4 is 32.4 Å². The predicted molar refractivity (Wildman–Crippen MR) is 119 cm³/mol. The van der Waals surface area contributed by atoms with Crippen molar-refractivity contribution in [3.05, 3.63) is 60.2 Å². The molecule has 7 nitrogen and oxygen atoms in total. The molecule has 1 amide bonds. The SMILES string of the molecule is CC[C@@H](C)[C@H](NS(=O)(=O)c1cccc(C(F)(F)F)c1)C(=O)Nc1nnc(-c2ccccc2)s1. The van der Waals surface area contributed by atoms with Crippen LogP contribution in [0.5, 0.6) is 0 Å². The maximum atomic E-state index is 13.0. The molecule has 0 unspecified atom stereocenters. The number of nitrogens with one attached hydrogen (secondary N) is 2. The molecule has 2 atom stereocenters. The number of aromatic nitrogens is 2. The van der Waals surface area contributed by atoms with Crippen LogP contribution in [0, 0.1) is 5.92 Å². The van der Waals surface area contributed by atoms with E-state index in [1.807, 2.05) is 30.3 Å². The Labute approximate surface area is 193 Å². The van der Waals surface area contributed by atoms with Crippen LogP contribution in [0.4, 0.5) is 18.3 Å². The fourth-order valence-corrected chi connectivity index (χ4v) is 4.99. The number of amides is 1. The third-order valence-electron chi connectivity index (χ3n) is 4.93. The number of benzene rings is 2. The molecule has 3 rings (SSSR count). The molecule has 2 N–H and O–H groups in total. The van der Waals surface area contributed by atoms with Gasteiger partial charge in [0.25, 0.3) is 0 Å². The Hall–Kier alpha value is -2.83. The maximum Gasteiger partial charge on any atom is 0.416 e. The molecule has 1 aromatic heterocycles. The Morgan fingerprint density at radius 2 is 1.79 bits per heavy atom. The largest absolute Gasteiger partial charge is 0.416 e. The van der Waals surface area contributed by atoms with Gasteiger partial charge in [-0.05, 0) is 24.1 Å². The standard InChI is InChI=1S/C21H21F3N4O3S2/c1-3-13(2)17(28-33(30,31)16-11-7-10-15(12-16)21(22,23)24)18(29)25-20-27-26-19(32-20)14-8-5-4-6-9-14/h4-13,17,28H,3H2,1-2H3,(H,25,27,29)/t13-,17+/m1/s1. The van der Waals surface area contributed by atoms with Crippen LogP contribution in [0.3, 0.4) is 0 Å². The molecule has 0 saturated carbocycles. The van der Waals surface area contributed by atoms with E-state index in [0.717, 1.165) is 35.1 Å². The summed E-state index contributed by atoms with van der Waals surface area (Å²) in [5.41, 5.74) is -0.295. The molecule has 0 saturated heterocycles. The summed E-state index contributed by atoms with van der Waals surface area (Å²) in [5, 5.41) is 11.2. The lowest BCUT2D eigenvalue weighted by Crippen LogP contribution is -2.47. The molecule has 2 aromatic carbocycles. The maximum absolute atomic E-state index is 13.0. The highest BCUT2D eigenvalue weighted by molar-refractivity contribution is 7.89. The van der Waals surface area contributed by atoms with Crippen LogP contribution in [-0.4, -0.2) is 30.6 Å². The van der Waals surface area contributed by atoms with Gasteiger partial charge < -0.3 is 0 Å². The first-order valence-corrected chi connectivity index (χ1v) is 12.2. The van der Waals surface area contributed by atoms with Gasteiger partial charge in [0.05, 0.1) is 10.5 Å². The van der Waals surface area contributed by atoms with Crippen molar-refractivity contribution in [3.8, 4) is 10.6 Å². The number of anilines is 1.